The lowest BCUT2D eigenvalue weighted by Crippen LogP contribution is -2.51. The first-order chi connectivity index (χ1) is 9.68. The molecule has 2 rings (SSSR count). The van der Waals surface area contributed by atoms with Crippen LogP contribution in [-0.4, -0.2) is 18.2 Å². The van der Waals surface area contributed by atoms with Crippen molar-refractivity contribution in [3.05, 3.63) is 35.4 Å². The van der Waals surface area contributed by atoms with E-state index >= 15 is 0 Å². The number of hydrogen-bond acceptors (Lipinski definition) is 2. The van der Waals surface area contributed by atoms with Gasteiger partial charge in [-0.2, -0.15) is 0 Å². The van der Waals surface area contributed by atoms with Crippen molar-refractivity contribution in [3.63, 3.8) is 0 Å². The summed E-state index contributed by atoms with van der Waals surface area (Å²) in [6.07, 6.45) is 8.31. The van der Waals surface area contributed by atoms with Gasteiger partial charge in [0.05, 0.1) is 5.60 Å². The maximum Gasteiger partial charge on any atom is 0.0835 e. The third-order valence-corrected chi connectivity index (χ3v) is 4.76. The molecule has 1 saturated carbocycles. The molecule has 2 N–H and O–H groups in total. The van der Waals surface area contributed by atoms with Gasteiger partial charge in [-0.25, -0.2) is 0 Å². The number of nitrogens with two attached hydrogens (primary N) is 1. The van der Waals surface area contributed by atoms with E-state index < -0.39 is 0 Å². The van der Waals surface area contributed by atoms with Crippen LogP contribution in [0.25, 0.3) is 0 Å². The molecule has 0 aromatic heterocycles. The highest BCUT2D eigenvalue weighted by molar-refractivity contribution is 5.27. The van der Waals surface area contributed by atoms with Gasteiger partial charge in [0.15, 0.2) is 0 Å². The van der Waals surface area contributed by atoms with Crippen molar-refractivity contribution >= 4 is 0 Å². The van der Waals surface area contributed by atoms with Crippen LogP contribution in [0, 0.1) is 6.92 Å². The van der Waals surface area contributed by atoms with E-state index in [4.69, 9.17) is 10.5 Å². The quantitative estimate of drug-likeness (QED) is 0.825. The molecule has 0 bridgehead atoms. The number of ether oxygens (including phenoxy) is 1. The molecule has 0 spiro atoms. The Hall–Kier alpha value is -0.860. The minimum Gasteiger partial charge on any atom is -0.374 e. The van der Waals surface area contributed by atoms with Crippen LogP contribution in [0.5, 0.6) is 0 Å². The first-order valence-corrected chi connectivity index (χ1v) is 8.12. The van der Waals surface area contributed by atoms with Crippen molar-refractivity contribution in [2.75, 3.05) is 6.61 Å². The average molecular weight is 275 g/mol. The van der Waals surface area contributed by atoms with E-state index in [0.29, 0.717) is 0 Å². The summed E-state index contributed by atoms with van der Waals surface area (Å²) < 4.78 is 6.20. The van der Waals surface area contributed by atoms with Crippen LogP contribution in [0.4, 0.5) is 0 Å². The molecule has 0 amide bonds. The minimum atomic E-state index is -0.104. The second-order valence-corrected chi connectivity index (χ2v) is 6.15. The Morgan fingerprint density at radius 3 is 2.40 bits per heavy atom. The van der Waals surface area contributed by atoms with Crippen LogP contribution in [0.3, 0.4) is 0 Å². The summed E-state index contributed by atoms with van der Waals surface area (Å²) in [5.41, 5.74) is 9.21. The predicted octanol–water partition coefficient (Wildman–Crippen LogP) is 3.99. The van der Waals surface area contributed by atoms with E-state index in [1.807, 2.05) is 0 Å². The smallest absolute Gasteiger partial charge is 0.0835 e. The SMILES string of the molecule is CCOC1(C(N)Cc2ccccc2C)CCCCCC1. The summed E-state index contributed by atoms with van der Waals surface area (Å²) in [6, 6.07) is 8.67. The van der Waals surface area contributed by atoms with Gasteiger partial charge in [0.2, 0.25) is 0 Å². The molecule has 0 radical (unpaired) electrons. The van der Waals surface area contributed by atoms with Crippen molar-refractivity contribution in [1.29, 1.82) is 0 Å². The standard InChI is InChI=1S/C18H29NO/c1-3-20-18(12-8-4-5-9-13-18)17(19)14-16-11-7-6-10-15(16)2/h6-7,10-11,17H,3-5,8-9,12-14,19H2,1-2H3. The fraction of sp³-hybridized carbons (Fsp3) is 0.667. The molecule has 2 nitrogen and oxygen atoms in total. The van der Waals surface area contributed by atoms with Gasteiger partial charge >= 0.3 is 0 Å². The normalized spacial score (nSPS) is 20.4. The Bertz CT molecular complexity index is 408. The first-order valence-electron chi connectivity index (χ1n) is 8.12. The van der Waals surface area contributed by atoms with Crippen LogP contribution < -0.4 is 5.73 Å². The van der Waals surface area contributed by atoms with E-state index in [2.05, 4.69) is 38.1 Å². The first kappa shape index (κ1) is 15.5. The molecule has 0 aliphatic heterocycles. The topological polar surface area (TPSA) is 35.2 Å². The Morgan fingerprint density at radius 1 is 1.15 bits per heavy atom. The zero-order valence-corrected chi connectivity index (χ0v) is 13.0. The number of rotatable bonds is 5. The molecule has 1 atom stereocenters. The number of aryl methyl sites for hydroxylation is 1. The summed E-state index contributed by atoms with van der Waals surface area (Å²) in [5.74, 6) is 0. The highest BCUT2D eigenvalue weighted by atomic mass is 16.5. The third kappa shape index (κ3) is 3.62. The Kier molecular flexibility index (Phi) is 5.62. The van der Waals surface area contributed by atoms with Crippen LogP contribution in [0.2, 0.25) is 0 Å². The molecule has 112 valence electrons. The fourth-order valence-corrected chi connectivity index (χ4v) is 3.50. The van der Waals surface area contributed by atoms with Crippen molar-refractivity contribution in [1.82, 2.24) is 0 Å². The molecule has 2 heteroatoms. The Labute approximate surface area is 123 Å². The lowest BCUT2D eigenvalue weighted by molar-refractivity contribution is -0.0683. The summed E-state index contributed by atoms with van der Waals surface area (Å²) in [6.45, 7) is 5.02. The predicted molar refractivity (Wildman–Crippen MR) is 84.9 cm³/mol. The second-order valence-electron chi connectivity index (χ2n) is 6.15. The third-order valence-electron chi connectivity index (χ3n) is 4.76. The van der Waals surface area contributed by atoms with Crippen molar-refractivity contribution in [3.8, 4) is 0 Å². The molecule has 1 fully saturated rings. The van der Waals surface area contributed by atoms with Gasteiger partial charge in [0.25, 0.3) is 0 Å². The van der Waals surface area contributed by atoms with Gasteiger partial charge in [-0.15, -0.1) is 0 Å². The minimum absolute atomic E-state index is 0.0987. The summed E-state index contributed by atoms with van der Waals surface area (Å²) in [7, 11) is 0. The largest absolute Gasteiger partial charge is 0.374 e. The molecular weight excluding hydrogens is 246 g/mol. The van der Waals surface area contributed by atoms with Gasteiger partial charge in [0.1, 0.15) is 0 Å². The van der Waals surface area contributed by atoms with Crippen LogP contribution in [0.15, 0.2) is 24.3 Å². The summed E-state index contributed by atoms with van der Waals surface area (Å²) in [4.78, 5) is 0. The van der Waals surface area contributed by atoms with Gasteiger partial charge in [0, 0.05) is 12.6 Å². The second kappa shape index (κ2) is 7.24. The van der Waals surface area contributed by atoms with Crippen molar-refractivity contribution in [2.45, 2.75) is 70.4 Å². The Balaban J connectivity index is 2.14. The van der Waals surface area contributed by atoms with E-state index in [0.717, 1.165) is 25.9 Å². The maximum atomic E-state index is 6.61. The molecule has 0 saturated heterocycles. The Morgan fingerprint density at radius 2 is 1.80 bits per heavy atom. The van der Waals surface area contributed by atoms with E-state index in [-0.39, 0.29) is 11.6 Å². The highest BCUT2D eigenvalue weighted by Crippen LogP contribution is 2.34. The molecule has 1 aliphatic carbocycles. The molecule has 1 aliphatic rings. The lowest BCUT2D eigenvalue weighted by atomic mass is 9.82. The van der Waals surface area contributed by atoms with E-state index in [9.17, 15) is 0 Å². The highest BCUT2D eigenvalue weighted by Gasteiger charge is 2.37. The van der Waals surface area contributed by atoms with Crippen molar-refractivity contribution in [2.24, 2.45) is 5.73 Å². The van der Waals surface area contributed by atoms with Gasteiger partial charge in [-0.3, -0.25) is 0 Å². The summed E-state index contributed by atoms with van der Waals surface area (Å²) in [5, 5.41) is 0. The zero-order valence-electron chi connectivity index (χ0n) is 13.0. The fourth-order valence-electron chi connectivity index (χ4n) is 3.50. The maximum absolute atomic E-state index is 6.61. The molecule has 20 heavy (non-hydrogen) atoms. The van der Waals surface area contributed by atoms with Gasteiger partial charge in [-0.1, -0.05) is 49.9 Å². The molecular formula is C18H29NO. The van der Waals surface area contributed by atoms with Crippen LogP contribution in [-0.2, 0) is 11.2 Å². The van der Waals surface area contributed by atoms with E-state index in [1.165, 1.54) is 36.8 Å². The number of benzene rings is 1. The molecule has 1 aromatic rings. The van der Waals surface area contributed by atoms with Gasteiger partial charge < -0.3 is 10.5 Å². The lowest BCUT2D eigenvalue weighted by Gasteiger charge is -2.38. The van der Waals surface area contributed by atoms with Crippen molar-refractivity contribution < 1.29 is 4.74 Å². The van der Waals surface area contributed by atoms with E-state index in [1.54, 1.807) is 0 Å². The zero-order chi connectivity index (χ0) is 14.4. The average Bonchev–Trinajstić information content (AvgIpc) is 2.68. The van der Waals surface area contributed by atoms with Crippen LogP contribution in [0.1, 0.15) is 56.6 Å². The molecule has 1 unspecified atom stereocenters. The monoisotopic (exact) mass is 275 g/mol. The van der Waals surface area contributed by atoms with Crippen LogP contribution >= 0.6 is 0 Å². The van der Waals surface area contributed by atoms with Gasteiger partial charge in [-0.05, 0) is 44.2 Å². The summed E-state index contributed by atoms with van der Waals surface area (Å²) >= 11 is 0. The molecule has 1 aromatic carbocycles. The number of hydrogen-bond donors (Lipinski definition) is 1. The molecule has 0 heterocycles.